The van der Waals surface area contributed by atoms with E-state index in [4.69, 9.17) is 0 Å². The van der Waals surface area contributed by atoms with Crippen LogP contribution in [0.25, 0.3) is 0 Å². The molecule has 7 aliphatic rings. The Morgan fingerprint density at radius 1 is 0.709 bits per heavy atom. The van der Waals surface area contributed by atoms with Crippen molar-refractivity contribution < 1.29 is 0 Å². The first kappa shape index (κ1) is 35.0. The molecule has 3 aromatic carbocycles. The molecule has 3 heteroatoms. The summed E-state index contributed by atoms with van der Waals surface area (Å²) in [7, 11) is 0. The number of fused-ring (bicyclic) bond motifs is 7. The van der Waals surface area contributed by atoms with E-state index in [2.05, 4.69) is 192 Å². The molecular formula is C52H57BN2. The average molecular weight is 721 g/mol. The van der Waals surface area contributed by atoms with E-state index in [-0.39, 0.29) is 16.2 Å². The van der Waals surface area contributed by atoms with Gasteiger partial charge in [0.2, 0.25) is 6.71 Å². The standard InChI is InChI=1S/C52H57BN2/c1-50(2,3)38-32-46-48-47(33-38)55-44-24-15-14-21-40(44)41-22-16-23-42(49(41)55)53(48)43-31-37(52(6,7)35-19-12-9-13-20-35)27-30-45(43)54(46)39-28-25-36(26-29-39)51(4,5)34-17-10-8-11-18-34/h8-13,15-20,22-26,28-31,33,37-38,40,42,44,49H,14,21,27,32H2,1-7H3. The summed E-state index contributed by atoms with van der Waals surface area (Å²) >= 11 is 0. The zero-order valence-corrected chi connectivity index (χ0v) is 34.0. The summed E-state index contributed by atoms with van der Waals surface area (Å²) in [5, 5.41) is 0. The van der Waals surface area contributed by atoms with E-state index in [1.807, 2.05) is 0 Å². The van der Waals surface area contributed by atoms with Crippen LogP contribution in [-0.2, 0) is 10.8 Å². The van der Waals surface area contributed by atoms with Crippen LogP contribution in [0.5, 0.6) is 0 Å². The second kappa shape index (κ2) is 12.5. The molecule has 0 aromatic heterocycles. The van der Waals surface area contributed by atoms with E-state index >= 15 is 0 Å². The molecule has 0 bridgehead atoms. The third kappa shape index (κ3) is 5.28. The highest BCUT2D eigenvalue weighted by atomic mass is 15.3. The lowest BCUT2D eigenvalue weighted by molar-refractivity contribution is 0.240. The molecule has 2 nitrogen and oxygen atoms in total. The first-order chi connectivity index (χ1) is 26.4. The van der Waals surface area contributed by atoms with Crippen LogP contribution in [-0.4, -0.2) is 23.7 Å². The van der Waals surface area contributed by atoms with Gasteiger partial charge >= 0.3 is 0 Å². The van der Waals surface area contributed by atoms with E-state index in [0.29, 0.717) is 42.4 Å². The SMILES string of the molecule is CC(C)(c1ccccc1)c1ccc(N2C3=CCC(C(C)(C)c4ccccc4)C=C3B3C4=C2CC(C(C)(C)C)C=C4N2C4C=CCCC4C4=CC=CC3C42)cc1. The fraction of sp³-hybridized carbons (Fsp3) is 0.385. The Bertz CT molecular complexity index is 2240. The molecular weight excluding hydrogens is 663 g/mol. The lowest BCUT2D eigenvalue weighted by Crippen LogP contribution is -2.56. The van der Waals surface area contributed by atoms with Crippen LogP contribution in [0.1, 0.15) is 90.8 Å². The zero-order valence-electron chi connectivity index (χ0n) is 34.0. The second-order valence-electron chi connectivity index (χ2n) is 19.7. The minimum absolute atomic E-state index is 0.00424. The van der Waals surface area contributed by atoms with Gasteiger partial charge < -0.3 is 9.80 Å². The third-order valence-corrected chi connectivity index (χ3v) is 15.1. The Hall–Kier alpha value is -4.50. The maximum Gasteiger partial charge on any atom is 0.225 e. The fourth-order valence-electron chi connectivity index (χ4n) is 11.6. The molecule has 0 amide bonds. The van der Waals surface area contributed by atoms with Crippen LogP contribution in [0.2, 0.25) is 5.82 Å². The van der Waals surface area contributed by atoms with Crippen molar-refractivity contribution in [1.29, 1.82) is 0 Å². The Morgan fingerprint density at radius 2 is 1.40 bits per heavy atom. The van der Waals surface area contributed by atoms with E-state index in [1.165, 1.54) is 52.3 Å². The fourth-order valence-corrected chi connectivity index (χ4v) is 11.6. The van der Waals surface area contributed by atoms with Gasteiger partial charge in [0.15, 0.2) is 0 Å². The van der Waals surface area contributed by atoms with Gasteiger partial charge in [0.1, 0.15) is 0 Å². The van der Waals surface area contributed by atoms with Gasteiger partial charge in [-0.1, -0.05) is 175 Å². The molecule has 4 aliphatic carbocycles. The van der Waals surface area contributed by atoms with Crippen molar-refractivity contribution in [3.05, 3.63) is 184 Å². The molecule has 2 saturated heterocycles. The average Bonchev–Trinajstić information content (AvgIpc) is 3.54. The summed E-state index contributed by atoms with van der Waals surface area (Å²) in [6.45, 7) is 17.4. The molecule has 55 heavy (non-hydrogen) atoms. The van der Waals surface area contributed by atoms with Crippen molar-refractivity contribution in [3.8, 4) is 0 Å². The van der Waals surface area contributed by atoms with E-state index < -0.39 is 0 Å². The number of nitrogens with zero attached hydrogens (tertiary/aromatic N) is 2. The summed E-state index contributed by atoms with van der Waals surface area (Å²) in [6, 6.07) is 32.8. The van der Waals surface area contributed by atoms with Crippen LogP contribution in [0, 0.1) is 23.2 Å². The molecule has 3 aromatic rings. The molecule has 0 spiro atoms. The number of hydrogen-bond acceptors (Lipinski definition) is 2. The molecule has 2 fully saturated rings. The number of allylic oxidation sites excluding steroid dienone is 9. The monoisotopic (exact) mass is 720 g/mol. The van der Waals surface area contributed by atoms with Crippen LogP contribution in [0.4, 0.5) is 5.69 Å². The van der Waals surface area contributed by atoms with Gasteiger partial charge in [-0.05, 0) is 94.0 Å². The lowest BCUT2D eigenvalue weighted by Gasteiger charge is -2.56. The molecule has 278 valence electrons. The van der Waals surface area contributed by atoms with Gasteiger partial charge in [-0.25, -0.2) is 0 Å². The Morgan fingerprint density at radius 3 is 2.11 bits per heavy atom. The normalized spacial score (nSPS) is 28.1. The Kier molecular flexibility index (Phi) is 7.95. The van der Waals surface area contributed by atoms with E-state index in [1.54, 1.807) is 16.5 Å². The zero-order chi connectivity index (χ0) is 37.9. The van der Waals surface area contributed by atoms with Crippen LogP contribution in [0.3, 0.4) is 0 Å². The summed E-state index contributed by atoms with van der Waals surface area (Å²) in [4.78, 5) is 5.67. The molecule has 3 heterocycles. The summed E-state index contributed by atoms with van der Waals surface area (Å²) in [5.41, 5.74) is 14.8. The van der Waals surface area contributed by atoms with Crippen molar-refractivity contribution >= 4 is 12.4 Å². The maximum atomic E-state index is 2.93. The minimum Gasteiger partial charge on any atom is -0.358 e. The first-order valence-corrected chi connectivity index (χ1v) is 21.2. The van der Waals surface area contributed by atoms with Crippen LogP contribution >= 0.6 is 0 Å². The highest BCUT2D eigenvalue weighted by molar-refractivity contribution is 6.79. The van der Waals surface area contributed by atoms with Gasteiger partial charge in [0, 0.05) is 34.1 Å². The van der Waals surface area contributed by atoms with Crippen molar-refractivity contribution in [2.75, 3.05) is 4.90 Å². The highest BCUT2D eigenvalue weighted by Crippen LogP contribution is 2.61. The summed E-state index contributed by atoms with van der Waals surface area (Å²) < 4.78 is 0. The second-order valence-corrected chi connectivity index (χ2v) is 19.7. The summed E-state index contributed by atoms with van der Waals surface area (Å²) in [5.74, 6) is 1.85. The van der Waals surface area contributed by atoms with E-state index in [9.17, 15) is 0 Å². The molecule has 6 atom stereocenters. The highest BCUT2D eigenvalue weighted by Gasteiger charge is 2.60. The van der Waals surface area contributed by atoms with Gasteiger partial charge in [-0.15, -0.1) is 0 Å². The minimum atomic E-state index is -0.0884. The van der Waals surface area contributed by atoms with Crippen molar-refractivity contribution in [3.63, 3.8) is 0 Å². The van der Waals surface area contributed by atoms with Crippen LogP contribution in [0.15, 0.2) is 167 Å². The summed E-state index contributed by atoms with van der Waals surface area (Å²) in [6.07, 6.45) is 25.3. The molecule has 0 radical (unpaired) electrons. The smallest absolute Gasteiger partial charge is 0.225 e. The first-order valence-electron chi connectivity index (χ1n) is 21.2. The topological polar surface area (TPSA) is 6.48 Å². The third-order valence-electron chi connectivity index (χ3n) is 15.1. The number of benzene rings is 3. The van der Waals surface area contributed by atoms with Gasteiger partial charge in [0.05, 0.1) is 12.1 Å². The van der Waals surface area contributed by atoms with Gasteiger partial charge in [-0.3, -0.25) is 0 Å². The largest absolute Gasteiger partial charge is 0.358 e. The Labute approximate surface area is 330 Å². The molecule has 3 aliphatic heterocycles. The Balaban J connectivity index is 1.18. The number of rotatable bonds is 5. The van der Waals surface area contributed by atoms with Gasteiger partial charge in [-0.2, -0.15) is 0 Å². The quantitative estimate of drug-likeness (QED) is 0.191. The van der Waals surface area contributed by atoms with Gasteiger partial charge in [0.25, 0.3) is 0 Å². The van der Waals surface area contributed by atoms with Crippen LogP contribution < -0.4 is 4.90 Å². The van der Waals surface area contributed by atoms with E-state index in [0.717, 1.165) is 12.8 Å². The number of hydrogen-bond donors (Lipinski definition) is 0. The molecule has 10 rings (SSSR count). The predicted molar refractivity (Wildman–Crippen MR) is 232 cm³/mol. The van der Waals surface area contributed by atoms with Crippen molar-refractivity contribution in [2.24, 2.45) is 23.2 Å². The molecule has 0 saturated carbocycles. The maximum absolute atomic E-state index is 2.93. The molecule has 6 unspecified atom stereocenters. The lowest BCUT2D eigenvalue weighted by atomic mass is 9.26. The number of anilines is 1. The molecule has 0 N–H and O–H groups in total. The van der Waals surface area contributed by atoms with Crippen molar-refractivity contribution in [2.45, 2.75) is 103 Å². The predicted octanol–water partition coefficient (Wildman–Crippen LogP) is 12.3. The van der Waals surface area contributed by atoms with Crippen molar-refractivity contribution in [1.82, 2.24) is 4.90 Å².